The summed E-state index contributed by atoms with van der Waals surface area (Å²) < 4.78 is 13.0. The monoisotopic (exact) mass is 237 g/mol. The molecule has 0 aromatic heterocycles. The van der Waals surface area contributed by atoms with E-state index in [9.17, 15) is 9.50 Å². The van der Waals surface area contributed by atoms with Crippen molar-refractivity contribution >= 4 is 0 Å². The van der Waals surface area contributed by atoms with Crippen molar-refractivity contribution in [1.29, 1.82) is 0 Å². The minimum atomic E-state index is -0.322. The van der Waals surface area contributed by atoms with E-state index in [-0.39, 0.29) is 17.3 Å². The number of benzene rings is 1. The van der Waals surface area contributed by atoms with Gasteiger partial charge >= 0.3 is 0 Å². The summed E-state index contributed by atoms with van der Waals surface area (Å²) in [6, 6.07) is 4.84. The van der Waals surface area contributed by atoms with E-state index >= 15 is 0 Å². The molecule has 0 bridgehead atoms. The van der Waals surface area contributed by atoms with Crippen LogP contribution in [-0.2, 0) is 6.42 Å². The molecule has 3 heteroatoms. The van der Waals surface area contributed by atoms with E-state index in [4.69, 9.17) is 5.73 Å². The standard InChI is InChI=1S/C14H20FNO/c1-10-7-12(15)5-4-11(10)8-14(9-16)6-2-3-13(14)17/h4-5,7,13,17H,2-3,6,8-9,16H2,1H3. The summed E-state index contributed by atoms with van der Waals surface area (Å²) in [5.41, 5.74) is 7.68. The van der Waals surface area contributed by atoms with Crippen LogP contribution in [0.1, 0.15) is 30.4 Å². The number of hydrogen-bond donors (Lipinski definition) is 2. The highest BCUT2D eigenvalue weighted by atomic mass is 19.1. The SMILES string of the molecule is Cc1cc(F)ccc1CC1(CN)CCCC1O. The predicted octanol–water partition coefficient (Wildman–Crippen LogP) is 2.17. The van der Waals surface area contributed by atoms with Crippen molar-refractivity contribution in [2.24, 2.45) is 11.1 Å². The molecule has 3 N–H and O–H groups in total. The maximum absolute atomic E-state index is 13.0. The van der Waals surface area contributed by atoms with Gasteiger partial charge in [-0.05, 0) is 49.4 Å². The lowest BCUT2D eigenvalue weighted by Crippen LogP contribution is -2.39. The highest BCUT2D eigenvalue weighted by Crippen LogP contribution is 2.40. The van der Waals surface area contributed by atoms with Gasteiger partial charge in [0.05, 0.1) is 6.10 Å². The van der Waals surface area contributed by atoms with Crippen LogP contribution in [0.5, 0.6) is 0 Å². The number of aliphatic hydroxyl groups excluding tert-OH is 1. The predicted molar refractivity (Wildman–Crippen MR) is 66.2 cm³/mol. The number of hydrogen-bond acceptors (Lipinski definition) is 2. The van der Waals surface area contributed by atoms with Gasteiger partial charge in [-0.1, -0.05) is 12.5 Å². The zero-order chi connectivity index (χ0) is 12.5. The maximum atomic E-state index is 13.0. The summed E-state index contributed by atoms with van der Waals surface area (Å²) in [7, 11) is 0. The number of rotatable bonds is 3. The van der Waals surface area contributed by atoms with E-state index < -0.39 is 0 Å². The van der Waals surface area contributed by atoms with Gasteiger partial charge in [-0.15, -0.1) is 0 Å². The van der Waals surface area contributed by atoms with Crippen LogP contribution >= 0.6 is 0 Å². The first kappa shape index (κ1) is 12.5. The molecule has 0 radical (unpaired) electrons. The van der Waals surface area contributed by atoms with Crippen molar-refractivity contribution in [2.45, 2.75) is 38.7 Å². The van der Waals surface area contributed by atoms with Crippen molar-refractivity contribution in [1.82, 2.24) is 0 Å². The first-order valence-electron chi connectivity index (χ1n) is 6.20. The quantitative estimate of drug-likeness (QED) is 0.846. The molecule has 2 nitrogen and oxygen atoms in total. The average Bonchev–Trinajstić information content (AvgIpc) is 2.65. The third-order valence-corrected chi connectivity index (χ3v) is 4.11. The third-order valence-electron chi connectivity index (χ3n) is 4.11. The molecule has 2 rings (SSSR count). The Labute approximate surface area is 102 Å². The van der Waals surface area contributed by atoms with Gasteiger partial charge in [0.2, 0.25) is 0 Å². The molecule has 0 aliphatic heterocycles. The first-order chi connectivity index (χ1) is 8.07. The Morgan fingerprint density at radius 3 is 2.82 bits per heavy atom. The summed E-state index contributed by atoms with van der Waals surface area (Å²) in [5.74, 6) is -0.208. The van der Waals surface area contributed by atoms with Crippen LogP contribution in [0.4, 0.5) is 4.39 Å². The summed E-state index contributed by atoms with van der Waals surface area (Å²) in [5, 5.41) is 10.1. The molecular formula is C14H20FNO. The fourth-order valence-electron chi connectivity index (χ4n) is 2.87. The Kier molecular flexibility index (Phi) is 3.50. The highest BCUT2D eigenvalue weighted by molar-refractivity contribution is 5.28. The van der Waals surface area contributed by atoms with Crippen LogP contribution < -0.4 is 5.73 Å². The van der Waals surface area contributed by atoms with E-state index in [1.165, 1.54) is 6.07 Å². The maximum Gasteiger partial charge on any atom is 0.123 e. The van der Waals surface area contributed by atoms with Crippen molar-refractivity contribution in [3.8, 4) is 0 Å². The van der Waals surface area contributed by atoms with Crippen LogP contribution in [0.15, 0.2) is 18.2 Å². The van der Waals surface area contributed by atoms with Gasteiger partial charge in [0.25, 0.3) is 0 Å². The second-order valence-corrected chi connectivity index (χ2v) is 5.22. The molecule has 0 saturated heterocycles. The number of nitrogens with two attached hydrogens (primary N) is 1. The van der Waals surface area contributed by atoms with Crippen LogP contribution in [0.25, 0.3) is 0 Å². The molecule has 1 aromatic carbocycles. The Balaban J connectivity index is 2.24. The van der Waals surface area contributed by atoms with Crippen LogP contribution in [0, 0.1) is 18.2 Å². The lowest BCUT2D eigenvalue weighted by molar-refractivity contribution is 0.0587. The molecule has 1 saturated carbocycles. The lowest BCUT2D eigenvalue weighted by Gasteiger charge is -2.32. The van der Waals surface area contributed by atoms with Crippen LogP contribution in [0.3, 0.4) is 0 Å². The molecule has 0 heterocycles. The van der Waals surface area contributed by atoms with Crippen molar-refractivity contribution in [3.05, 3.63) is 35.1 Å². The largest absolute Gasteiger partial charge is 0.392 e. The Hall–Kier alpha value is -0.930. The number of halogens is 1. The average molecular weight is 237 g/mol. The molecular weight excluding hydrogens is 217 g/mol. The molecule has 17 heavy (non-hydrogen) atoms. The molecule has 0 amide bonds. The second-order valence-electron chi connectivity index (χ2n) is 5.22. The molecule has 2 unspecified atom stereocenters. The van der Waals surface area contributed by atoms with Crippen LogP contribution in [0.2, 0.25) is 0 Å². The first-order valence-corrected chi connectivity index (χ1v) is 6.20. The Morgan fingerprint density at radius 1 is 1.53 bits per heavy atom. The van der Waals surface area contributed by atoms with E-state index in [0.717, 1.165) is 36.8 Å². The molecule has 1 aromatic rings. The topological polar surface area (TPSA) is 46.2 Å². The minimum absolute atomic E-state index is 0.206. The van der Waals surface area contributed by atoms with Gasteiger partial charge < -0.3 is 10.8 Å². The molecule has 1 aliphatic carbocycles. The normalized spacial score (nSPS) is 28.6. The highest BCUT2D eigenvalue weighted by Gasteiger charge is 2.40. The minimum Gasteiger partial charge on any atom is -0.392 e. The van der Waals surface area contributed by atoms with Gasteiger partial charge in [-0.25, -0.2) is 4.39 Å². The fourth-order valence-corrected chi connectivity index (χ4v) is 2.87. The molecule has 0 spiro atoms. The lowest BCUT2D eigenvalue weighted by atomic mass is 9.77. The summed E-state index contributed by atoms with van der Waals surface area (Å²) in [4.78, 5) is 0. The van der Waals surface area contributed by atoms with Crippen LogP contribution in [-0.4, -0.2) is 17.8 Å². The molecule has 2 atom stereocenters. The zero-order valence-corrected chi connectivity index (χ0v) is 10.2. The Morgan fingerprint density at radius 2 is 2.29 bits per heavy atom. The van der Waals surface area contributed by atoms with E-state index in [2.05, 4.69) is 0 Å². The van der Waals surface area contributed by atoms with E-state index in [0.29, 0.717) is 6.54 Å². The van der Waals surface area contributed by atoms with Gasteiger partial charge in [0, 0.05) is 12.0 Å². The number of aliphatic hydroxyl groups is 1. The van der Waals surface area contributed by atoms with E-state index in [1.54, 1.807) is 6.07 Å². The Bertz CT molecular complexity index is 407. The van der Waals surface area contributed by atoms with E-state index in [1.807, 2.05) is 13.0 Å². The van der Waals surface area contributed by atoms with Gasteiger partial charge in [-0.2, -0.15) is 0 Å². The number of aryl methyl sites for hydroxylation is 1. The van der Waals surface area contributed by atoms with Gasteiger partial charge in [-0.3, -0.25) is 0 Å². The fraction of sp³-hybridized carbons (Fsp3) is 0.571. The van der Waals surface area contributed by atoms with Crippen molar-refractivity contribution < 1.29 is 9.50 Å². The van der Waals surface area contributed by atoms with Gasteiger partial charge in [0.1, 0.15) is 5.82 Å². The summed E-state index contributed by atoms with van der Waals surface area (Å²) in [6.07, 6.45) is 3.24. The summed E-state index contributed by atoms with van der Waals surface area (Å²) >= 11 is 0. The molecule has 1 fully saturated rings. The zero-order valence-electron chi connectivity index (χ0n) is 10.2. The third kappa shape index (κ3) is 2.35. The molecule has 94 valence electrons. The second kappa shape index (κ2) is 4.75. The van der Waals surface area contributed by atoms with Crippen molar-refractivity contribution in [3.63, 3.8) is 0 Å². The van der Waals surface area contributed by atoms with Gasteiger partial charge in [0.15, 0.2) is 0 Å². The summed E-state index contributed by atoms with van der Waals surface area (Å²) in [6.45, 7) is 2.40. The van der Waals surface area contributed by atoms with Crippen molar-refractivity contribution in [2.75, 3.05) is 6.54 Å². The molecule has 1 aliphatic rings. The smallest absolute Gasteiger partial charge is 0.123 e.